The predicted molar refractivity (Wildman–Crippen MR) is 109 cm³/mol. The molecule has 5 nitrogen and oxygen atoms in total. The van der Waals surface area contributed by atoms with Crippen molar-refractivity contribution in [2.45, 2.75) is 6.92 Å². The lowest BCUT2D eigenvalue weighted by Gasteiger charge is -2.13. The molecule has 0 fully saturated rings. The van der Waals surface area contributed by atoms with Crippen LogP contribution in [0.3, 0.4) is 0 Å². The highest BCUT2D eigenvalue weighted by molar-refractivity contribution is 7.17. The summed E-state index contributed by atoms with van der Waals surface area (Å²) >= 11 is 1.17. The van der Waals surface area contributed by atoms with Gasteiger partial charge in [0.25, 0.3) is 0 Å². The number of benzene rings is 2. The fraction of sp³-hybridized carbons (Fsp3) is 0.0455. The summed E-state index contributed by atoms with van der Waals surface area (Å²) in [6, 6.07) is 19.1. The van der Waals surface area contributed by atoms with Gasteiger partial charge in [-0.15, -0.1) is 11.3 Å². The molecular formula is C22H16N2O3S. The van der Waals surface area contributed by atoms with E-state index < -0.39 is 5.97 Å². The lowest BCUT2D eigenvalue weighted by atomic mass is 10.0. The molecule has 28 heavy (non-hydrogen) atoms. The summed E-state index contributed by atoms with van der Waals surface area (Å²) in [5, 5.41) is 9.97. The van der Waals surface area contributed by atoms with Crippen molar-refractivity contribution in [3.05, 3.63) is 83.6 Å². The molecule has 0 spiro atoms. The van der Waals surface area contributed by atoms with Gasteiger partial charge < -0.3 is 9.84 Å². The number of pyridine rings is 1. The van der Waals surface area contributed by atoms with Crippen LogP contribution in [0.4, 0.5) is 0 Å². The highest BCUT2D eigenvalue weighted by Crippen LogP contribution is 2.38. The standard InChI is InChI=1S/C22H16N2O3S/c1-14-20(22(25)26)28-21(24-14)16-7-8-19(27-17-5-3-2-4-6-17)18(13-16)15-9-11-23-12-10-15/h2-13H,1H3,(H,25,26). The van der Waals surface area contributed by atoms with E-state index in [2.05, 4.69) is 9.97 Å². The Morgan fingerprint density at radius 2 is 1.75 bits per heavy atom. The van der Waals surface area contributed by atoms with E-state index in [1.54, 1.807) is 19.3 Å². The number of ether oxygens (including phenoxy) is 1. The summed E-state index contributed by atoms with van der Waals surface area (Å²) in [6.45, 7) is 1.71. The third-order valence-electron chi connectivity index (χ3n) is 4.18. The summed E-state index contributed by atoms with van der Waals surface area (Å²) < 4.78 is 6.09. The van der Waals surface area contributed by atoms with Crippen molar-refractivity contribution in [1.29, 1.82) is 0 Å². The fourth-order valence-corrected chi connectivity index (χ4v) is 3.74. The van der Waals surface area contributed by atoms with Crippen molar-refractivity contribution in [1.82, 2.24) is 9.97 Å². The summed E-state index contributed by atoms with van der Waals surface area (Å²) in [6.07, 6.45) is 3.45. The molecule has 4 rings (SSSR count). The van der Waals surface area contributed by atoms with Crippen molar-refractivity contribution >= 4 is 17.3 Å². The van der Waals surface area contributed by atoms with Crippen molar-refractivity contribution in [3.63, 3.8) is 0 Å². The van der Waals surface area contributed by atoms with Crippen molar-refractivity contribution in [2.24, 2.45) is 0 Å². The monoisotopic (exact) mass is 388 g/mol. The number of hydrogen-bond donors (Lipinski definition) is 1. The Bertz CT molecular complexity index is 1130. The topological polar surface area (TPSA) is 72.3 Å². The second-order valence-corrected chi connectivity index (χ2v) is 7.10. The van der Waals surface area contributed by atoms with E-state index in [0.717, 1.165) is 22.4 Å². The Kier molecular flexibility index (Phi) is 4.87. The van der Waals surface area contributed by atoms with E-state index >= 15 is 0 Å². The van der Waals surface area contributed by atoms with Gasteiger partial charge in [-0.05, 0) is 55.0 Å². The predicted octanol–water partition coefficient (Wildman–Crippen LogP) is 5.67. The van der Waals surface area contributed by atoms with E-state index in [9.17, 15) is 9.90 Å². The van der Waals surface area contributed by atoms with Crippen molar-refractivity contribution in [3.8, 4) is 33.2 Å². The molecule has 0 aliphatic carbocycles. The molecule has 2 heterocycles. The lowest BCUT2D eigenvalue weighted by Crippen LogP contribution is -1.94. The number of carboxylic acids is 1. The molecule has 2 aromatic carbocycles. The zero-order valence-electron chi connectivity index (χ0n) is 15.0. The van der Waals surface area contributed by atoms with Gasteiger partial charge in [0.05, 0.1) is 5.69 Å². The number of hydrogen-bond acceptors (Lipinski definition) is 5. The second-order valence-electron chi connectivity index (χ2n) is 6.10. The molecule has 0 unspecified atom stereocenters. The van der Waals surface area contributed by atoms with Crippen molar-refractivity contribution < 1.29 is 14.6 Å². The number of aromatic carboxylic acids is 1. The maximum absolute atomic E-state index is 11.4. The Hall–Kier alpha value is -3.51. The van der Waals surface area contributed by atoms with Crippen LogP contribution in [0.5, 0.6) is 11.5 Å². The molecular weight excluding hydrogens is 372 g/mol. The summed E-state index contributed by atoms with van der Waals surface area (Å²) in [7, 11) is 0. The molecule has 4 aromatic rings. The number of nitrogens with zero attached hydrogens (tertiary/aromatic N) is 2. The summed E-state index contributed by atoms with van der Waals surface area (Å²) in [5.74, 6) is 0.483. The molecule has 0 saturated heterocycles. The molecule has 0 bridgehead atoms. The first kappa shape index (κ1) is 17.9. The molecule has 1 N–H and O–H groups in total. The van der Waals surface area contributed by atoms with Crippen LogP contribution in [0.25, 0.3) is 21.7 Å². The summed E-state index contributed by atoms with van der Waals surface area (Å²) in [4.78, 5) is 20.1. The molecule has 0 radical (unpaired) electrons. The number of carboxylic acid groups (broad SMARTS) is 1. The lowest BCUT2D eigenvalue weighted by molar-refractivity contribution is 0.0701. The molecule has 138 valence electrons. The van der Waals surface area contributed by atoms with Gasteiger partial charge in [-0.2, -0.15) is 0 Å². The minimum atomic E-state index is -0.959. The third-order valence-corrected chi connectivity index (χ3v) is 5.37. The molecule has 2 aromatic heterocycles. The van der Waals surface area contributed by atoms with Gasteiger partial charge in [0.1, 0.15) is 21.4 Å². The Morgan fingerprint density at radius 1 is 1.00 bits per heavy atom. The van der Waals surface area contributed by atoms with Gasteiger partial charge in [0, 0.05) is 23.5 Å². The molecule has 0 atom stereocenters. The van der Waals surface area contributed by atoms with Gasteiger partial charge in [0.15, 0.2) is 0 Å². The van der Waals surface area contributed by atoms with Crippen LogP contribution >= 0.6 is 11.3 Å². The average molecular weight is 388 g/mol. The second kappa shape index (κ2) is 7.62. The molecule has 0 aliphatic rings. The maximum atomic E-state index is 11.4. The fourth-order valence-electron chi connectivity index (χ4n) is 2.84. The molecule has 0 aliphatic heterocycles. The number of aryl methyl sites for hydroxylation is 1. The smallest absolute Gasteiger partial charge is 0.347 e. The molecule has 6 heteroatoms. The number of rotatable bonds is 5. The number of thiazole rings is 1. The van der Waals surface area contributed by atoms with Gasteiger partial charge in [-0.3, -0.25) is 4.98 Å². The Morgan fingerprint density at radius 3 is 2.43 bits per heavy atom. The van der Waals surface area contributed by atoms with Gasteiger partial charge >= 0.3 is 5.97 Å². The van der Waals surface area contributed by atoms with Crippen LogP contribution in [0.2, 0.25) is 0 Å². The van der Waals surface area contributed by atoms with E-state index in [1.807, 2.05) is 60.7 Å². The minimum Gasteiger partial charge on any atom is -0.477 e. The van der Waals surface area contributed by atoms with Crippen LogP contribution in [-0.2, 0) is 0 Å². The van der Waals surface area contributed by atoms with E-state index in [4.69, 9.17) is 4.74 Å². The average Bonchev–Trinajstić information content (AvgIpc) is 3.12. The van der Waals surface area contributed by atoms with Crippen LogP contribution in [-0.4, -0.2) is 21.0 Å². The maximum Gasteiger partial charge on any atom is 0.347 e. The largest absolute Gasteiger partial charge is 0.477 e. The van der Waals surface area contributed by atoms with Crippen LogP contribution < -0.4 is 4.74 Å². The van der Waals surface area contributed by atoms with Crippen molar-refractivity contribution in [2.75, 3.05) is 0 Å². The molecule has 0 amide bonds. The number of aromatic nitrogens is 2. The van der Waals surface area contributed by atoms with Crippen LogP contribution in [0, 0.1) is 6.92 Å². The zero-order chi connectivity index (χ0) is 19.5. The van der Waals surface area contributed by atoms with Gasteiger partial charge in [-0.1, -0.05) is 18.2 Å². The van der Waals surface area contributed by atoms with Gasteiger partial charge in [-0.25, -0.2) is 9.78 Å². The first-order chi connectivity index (χ1) is 13.6. The highest BCUT2D eigenvalue weighted by atomic mass is 32.1. The van der Waals surface area contributed by atoms with Gasteiger partial charge in [0.2, 0.25) is 0 Å². The summed E-state index contributed by atoms with van der Waals surface area (Å²) in [5.41, 5.74) is 3.19. The van der Waals surface area contributed by atoms with Crippen LogP contribution in [0.1, 0.15) is 15.4 Å². The SMILES string of the molecule is Cc1nc(-c2ccc(Oc3ccccc3)c(-c3ccncc3)c2)sc1C(=O)O. The number of para-hydroxylation sites is 1. The quantitative estimate of drug-likeness (QED) is 0.477. The Balaban J connectivity index is 1.81. The number of carbonyl (C=O) groups is 1. The molecule has 0 saturated carbocycles. The zero-order valence-corrected chi connectivity index (χ0v) is 15.8. The Labute approximate surface area is 165 Å². The van der Waals surface area contributed by atoms with E-state index in [-0.39, 0.29) is 4.88 Å². The van der Waals surface area contributed by atoms with E-state index in [0.29, 0.717) is 16.5 Å². The van der Waals surface area contributed by atoms with E-state index in [1.165, 1.54) is 11.3 Å². The normalized spacial score (nSPS) is 10.6. The first-order valence-electron chi connectivity index (χ1n) is 8.60. The highest BCUT2D eigenvalue weighted by Gasteiger charge is 2.17. The minimum absolute atomic E-state index is 0.255. The first-order valence-corrected chi connectivity index (χ1v) is 9.42. The van der Waals surface area contributed by atoms with Crippen LogP contribution in [0.15, 0.2) is 73.1 Å². The third kappa shape index (κ3) is 3.63.